The topological polar surface area (TPSA) is 31.5 Å². The molecule has 1 heteroatoms. The van der Waals surface area contributed by atoms with Crippen LogP contribution in [-0.2, 0) is 0 Å². The molecule has 0 amide bonds. The highest BCUT2D eigenvalue weighted by Crippen LogP contribution is 2.39. The van der Waals surface area contributed by atoms with Gasteiger partial charge in [0.05, 0.1) is 0 Å². The molecular weight excluding hydrogens is 112 g/mol. The van der Waals surface area contributed by atoms with E-state index in [0.29, 0.717) is 0 Å². The maximum atomic E-state index is 2.22. The third kappa shape index (κ3) is 0.524. The molecule has 0 saturated carbocycles. The van der Waals surface area contributed by atoms with Gasteiger partial charge in [0.2, 0.25) is 0 Å². The predicted molar refractivity (Wildman–Crippen MR) is 38.5 cm³/mol. The van der Waals surface area contributed by atoms with Crippen LogP contribution in [0.25, 0.3) is 11.1 Å². The van der Waals surface area contributed by atoms with Crippen molar-refractivity contribution in [3.05, 3.63) is 23.3 Å². The van der Waals surface area contributed by atoms with Crippen LogP contribution in [0.15, 0.2) is 12.1 Å². The number of hydrogen-bond acceptors (Lipinski definition) is 0. The predicted octanol–water partition coefficient (Wildman–Crippen LogP) is 1.46. The van der Waals surface area contributed by atoms with E-state index in [4.69, 9.17) is 0 Å². The van der Waals surface area contributed by atoms with Gasteiger partial charge in [0.25, 0.3) is 0 Å². The van der Waals surface area contributed by atoms with Crippen molar-refractivity contribution < 1.29 is 5.48 Å². The Bertz CT molecular complexity index is 228. The molecule has 0 heterocycles. The molecule has 2 N–H and O–H groups in total. The largest absolute Gasteiger partial charge is 0.412 e. The number of aryl methyl sites for hydroxylation is 2. The molecule has 0 aromatic rings. The molecule has 2 aliphatic carbocycles. The molecule has 2 aliphatic rings. The summed E-state index contributed by atoms with van der Waals surface area (Å²) in [6.07, 6.45) is 0. The molecule has 0 unspecified atom stereocenters. The lowest BCUT2D eigenvalue weighted by Crippen LogP contribution is -1.99. The summed E-state index contributed by atoms with van der Waals surface area (Å²) in [5, 5.41) is 0. The van der Waals surface area contributed by atoms with E-state index in [2.05, 4.69) is 26.0 Å². The third-order valence-electron chi connectivity index (χ3n) is 1.82. The maximum absolute atomic E-state index is 2.22. The second-order valence-electron chi connectivity index (χ2n) is 2.49. The number of benzene rings is 1. The molecule has 0 aromatic heterocycles. The van der Waals surface area contributed by atoms with Crippen LogP contribution in [0.2, 0.25) is 0 Å². The van der Waals surface area contributed by atoms with Crippen LogP contribution in [0.4, 0.5) is 0 Å². The lowest BCUT2D eigenvalue weighted by molar-refractivity contribution is 0.824. The first kappa shape index (κ1) is 6.30. The fourth-order valence-corrected chi connectivity index (χ4v) is 1.41. The maximum Gasteiger partial charge on any atom is -0.0125 e. The Morgan fingerprint density at radius 1 is 1.00 bits per heavy atom. The lowest BCUT2D eigenvalue weighted by Gasteiger charge is -2.22. The summed E-state index contributed by atoms with van der Waals surface area (Å²) in [6, 6.07) is 4.45. The highest BCUT2D eigenvalue weighted by Gasteiger charge is 2.16. The summed E-state index contributed by atoms with van der Waals surface area (Å²) in [7, 11) is 0. The van der Waals surface area contributed by atoms with Gasteiger partial charge in [-0.15, -0.1) is 0 Å². The Morgan fingerprint density at radius 3 is 1.56 bits per heavy atom. The zero-order valence-electron chi connectivity index (χ0n) is 5.65. The zero-order chi connectivity index (χ0) is 5.72. The number of fused-ring (bicyclic) bond motifs is 1. The third-order valence-corrected chi connectivity index (χ3v) is 1.82. The van der Waals surface area contributed by atoms with E-state index in [-0.39, 0.29) is 5.48 Å². The van der Waals surface area contributed by atoms with Crippen LogP contribution in [-0.4, -0.2) is 5.48 Å². The first-order valence-electron chi connectivity index (χ1n) is 2.90. The van der Waals surface area contributed by atoms with Crippen LogP contribution in [0.3, 0.4) is 0 Å². The molecule has 1 nitrogen and oxygen atoms in total. The summed E-state index contributed by atoms with van der Waals surface area (Å²) < 4.78 is 0. The van der Waals surface area contributed by atoms with Crippen molar-refractivity contribution in [3.8, 4) is 11.1 Å². The molecule has 0 spiro atoms. The monoisotopic (exact) mass is 122 g/mol. The molecule has 0 saturated heterocycles. The van der Waals surface area contributed by atoms with Gasteiger partial charge in [-0.2, -0.15) is 0 Å². The Morgan fingerprint density at radius 2 is 1.44 bits per heavy atom. The number of hydrogen-bond donors (Lipinski definition) is 0. The first-order chi connectivity index (χ1) is 3.79. The summed E-state index contributed by atoms with van der Waals surface area (Å²) in [5.74, 6) is 0. The van der Waals surface area contributed by atoms with Crippen molar-refractivity contribution in [1.82, 2.24) is 0 Å². The van der Waals surface area contributed by atoms with Gasteiger partial charge in [0.1, 0.15) is 0 Å². The minimum atomic E-state index is 0. The van der Waals surface area contributed by atoms with Crippen molar-refractivity contribution in [2.24, 2.45) is 0 Å². The van der Waals surface area contributed by atoms with E-state index in [0.717, 1.165) is 0 Å². The highest BCUT2D eigenvalue weighted by atomic mass is 16.0. The van der Waals surface area contributed by atoms with Gasteiger partial charge < -0.3 is 5.48 Å². The van der Waals surface area contributed by atoms with Crippen LogP contribution < -0.4 is 0 Å². The summed E-state index contributed by atoms with van der Waals surface area (Å²) in [4.78, 5) is 0. The van der Waals surface area contributed by atoms with E-state index in [1.165, 1.54) is 22.3 Å². The Kier molecular flexibility index (Phi) is 1.11. The summed E-state index contributed by atoms with van der Waals surface area (Å²) in [5.41, 5.74) is 5.89. The molecule has 0 aromatic carbocycles. The normalized spacial score (nSPS) is 10.4. The first-order valence-corrected chi connectivity index (χ1v) is 2.90. The molecule has 0 aliphatic heterocycles. The minimum Gasteiger partial charge on any atom is -0.412 e. The van der Waals surface area contributed by atoms with Gasteiger partial charge in [0, 0.05) is 0 Å². The van der Waals surface area contributed by atoms with Crippen molar-refractivity contribution >= 4 is 0 Å². The van der Waals surface area contributed by atoms with Gasteiger partial charge in [0.15, 0.2) is 0 Å². The average Bonchev–Trinajstić information content (AvgIpc) is 1.63. The molecule has 0 radical (unpaired) electrons. The average molecular weight is 122 g/mol. The van der Waals surface area contributed by atoms with Crippen LogP contribution in [0.5, 0.6) is 0 Å². The SMILES string of the molecule is Cc1cc2cc(C)c1-2.O. The highest BCUT2D eigenvalue weighted by molar-refractivity contribution is 5.84. The van der Waals surface area contributed by atoms with E-state index >= 15 is 0 Å². The molecular formula is C8H10O. The van der Waals surface area contributed by atoms with Gasteiger partial charge in [-0.1, -0.05) is 12.1 Å². The van der Waals surface area contributed by atoms with Gasteiger partial charge in [-0.05, 0) is 36.1 Å². The summed E-state index contributed by atoms with van der Waals surface area (Å²) >= 11 is 0. The lowest BCUT2D eigenvalue weighted by atomic mass is 9.82. The number of rotatable bonds is 0. The summed E-state index contributed by atoms with van der Waals surface area (Å²) in [6.45, 7) is 4.32. The Balaban J connectivity index is 0.000000405. The minimum absolute atomic E-state index is 0. The van der Waals surface area contributed by atoms with Gasteiger partial charge in [-0.3, -0.25) is 0 Å². The van der Waals surface area contributed by atoms with Crippen molar-refractivity contribution in [2.75, 3.05) is 0 Å². The second-order valence-corrected chi connectivity index (χ2v) is 2.49. The smallest absolute Gasteiger partial charge is 0.0125 e. The molecule has 0 atom stereocenters. The van der Waals surface area contributed by atoms with E-state index in [1.807, 2.05) is 0 Å². The van der Waals surface area contributed by atoms with Crippen molar-refractivity contribution in [3.63, 3.8) is 0 Å². The van der Waals surface area contributed by atoms with Crippen molar-refractivity contribution in [1.29, 1.82) is 0 Å². The Hall–Kier alpha value is -0.820. The zero-order valence-corrected chi connectivity index (χ0v) is 5.65. The fourth-order valence-electron chi connectivity index (χ4n) is 1.41. The molecule has 48 valence electrons. The van der Waals surface area contributed by atoms with E-state index in [1.54, 1.807) is 0 Å². The fraction of sp³-hybridized carbons (Fsp3) is 0.250. The van der Waals surface area contributed by atoms with E-state index < -0.39 is 0 Å². The van der Waals surface area contributed by atoms with Gasteiger partial charge in [-0.25, -0.2) is 0 Å². The van der Waals surface area contributed by atoms with Gasteiger partial charge >= 0.3 is 0 Å². The molecule has 0 fully saturated rings. The molecule has 2 rings (SSSR count). The Labute approximate surface area is 54.6 Å². The standard InChI is InChI=1S/C8H8.H2O/c1-5-3-7-4-6(2)8(5)7;/h3-4H,1-2H3;1H2. The van der Waals surface area contributed by atoms with Crippen molar-refractivity contribution in [2.45, 2.75) is 13.8 Å². The second kappa shape index (κ2) is 1.58. The quantitative estimate of drug-likeness (QED) is 0.506. The molecule has 9 heavy (non-hydrogen) atoms. The van der Waals surface area contributed by atoms with Crippen LogP contribution in [0, 0.1) is 13.8 Å². The molecule has 0 bridgehead atoms. The van der Waals surface area contributed by atoms with Crippen LogP contribution in [0.1, 0.15) is 11.1 Å². The van der Waals surface area contributed by atoms with E-state index in [9.17, 15) is 0 Å². The van der Waals surface area contributed by atoms with Crippen LogP contribution >= 0.6 is 0 Å².